The quantitative estimate of drug-likeness (QED) is 0.745. The SMILES string of the molecule is CC(C)(C)OC(=O)NCCCC1(N)CCCC1. The third-order valence-electron chi connectivity index (χ3n) is 3.12. The second-order valence-corrected chi connectivity index (χ2v) is 6.10. The van der Waals surface area contributed by atoms with Crippen LogP contribution in [-0.4, -0.2) is 23.8 Å². The van der Waals surface area contributed by atoms with Crippen molar-refractivity contribution in [3.63, 3.8) is 0 Å². The van der Waals surface area contributed by atoms with Gasteiger partial charge >= 0.3 is 6.09 Å². The molecule has 0 aromatic heterocycles. The highest BCUT2D eigenvalue weighted by Gasteiger charge is 2.28. The van der Waals surface area contributed by atoms with Crippen LogP contribution in [0.3, 0.4) is 0 Å². The van der Waals surface area contributed by atoms with E-state index in [0.29, 0.717) is 6.54 Å². The molecular weight excluding hydrogens is 216 g/mol. The molecule has 1 aliphatic carbocycles. The van der Waals surface area contributed by atoms with Crippen LogP contribution >= 0.6 is 0 Å². The van der Waals surface area contributed by atoms with Crippen molar-refractivity contribution in [2.24, 2.45) is 5.73 Å². The standard InChI is InChI=1S/C13H26N2O2/c1-12(2,3)17-11(16)15-10-6-9-13(14)7-4-5-8-13/h4-10,14H2,1-3H3,(H,15,16). The van der Waals surface area contributed by atoms with Crippen molar-refractivity contribution in [2.45, 2.75) is 70.4 Å². The van der Waals surface area contributed by atoms with Crippen molar-refractivity contribution < 1.29 is 9.53 Å². The van der Waals surface area contributed by atoms with Crippen LogP contribution in [0.25, 0.3) is 0 Å². The number of ether oxygens (including phenoxy) is 1. The predicted molar refractivity (Wildman–Crippen MR) is 68.9 cm³/mol. The third kappa shape index (κ3) is 5.91. The highest BCUT2D eigenvalue weighted by molar-refractivity contribution is 5.67. The Kier molecular flexibility index (Phi) is 4.80. The Labute approximate surface area is 104 Å². The van der Waals surface area contributed by atoms with E-state index in [1.54, 1.807) is 0 Å². The predicted octanol–water partition coefficient (Wildman–Crippen LogP) is 2.56. The van der Waals surface area contributed by atoms with Gasteiger partial charge < -0.3 is 15.8 Å². The molecule has 0 aromatic carbocycles. The van der Waals surface area contributed by atoms with Gasteiger partial charge in [0.25, 0.3) is 0 Å². The van der Waals surface area contributed by atoms with E-state index in [2.05, 4.69) is 5.32 Å². The summed E-state index contributed by atoms with van der Waals surface area (Å²) in [4.78, 5) is 11.4. The first-order valence-corrected chi connectivity index (χ1v) is 6.57. The van der Waals surface area contributed by atoms with Gasteiger partial charge in [0.2, 0.25) is 0 Å². The normalized spacial score (nSPS) is 19.1. The van der Waals surface area contributed by atoms with E-state index >= 15 is 0 Å². The highest BCUT2D eigenvalue weighted by atomic mass is 16.6. The number of carbonyl (C=O) groups excluding carboxylic acids is 1. The number of nitrogens with one attached hydrogen (secondary N) is 1. The molecule has 0 aliphatic heterocycles. The minimum Gasteiger partial charge on any atom is -0.444 e. The first-order valence-electron chi connectivity index (χ1n) is 6.57. The van der Waals surface area contributed by atoms with E-state index in [4.69, 9.17) is 10.5 Å². The second-order valence-electron chi connectivity index (χ2n) is 6.10. The number of rotatable bonds is 4. The lowest BCUT2D eigenvalue weighted by atomic mass is 9.93. The lowest BCUT2D eigenvalue weighted by molar-refractivity contribution is 0.0526. The minimum absolute atomic E-state index is 0.0234. The van der Waals surface area contributed by atoms with Crippen LogP contribution in [0.4, 0.5) is 4.79 Å². The molecule has 0 spiro atoms. The fraction of sp³-hybridized carbons (Fsp3) is 0.923. The third-order valence-corrected chi connectivity index (χ3v) is 3.12. The molecule has 1 aliphatic rings. The summed E-state index contributed by atoms with van der Waals surface area (Å²) in [5.74, 6) is 0. The summed E-state index contributed by atoms with van der Waals surface area (Å²) in [6.07, 6.45) is 6.32. The molecule has 0 radical (unpaired) electrons. The first-order chi connectivity index (χ1) is 7.81. The molecule has 1 amide bonds. The topological polar surface area (TPSA) is 64.3 Å². The van der Waals surface area contributed by atoms with Gasteiger partial charge in [-0.25, -0.2) is 4.79 Å². The average molecular weight is 242 g/mol. The number of carbonyl (C=O) groups is 1. The molecule has 17 heavy (non-hydrogen) atoms. The maximum absolute atomic E-state index is 11.4. The van der Waals surface area contributed by atoms with E-state index in [1.165, 1.54) is 12.8 Å². The largest absolute Gasteiger partial charge is 0.444 e. The number of nitrogens with two attached hydrogens (primary N) is 1. The summed E-state index contributed by atoms with van der Waals surface area (Å²) in [5, 5.41) is 2.76. The number of hydrogen-bond donors (Lipinski definition) is 2. The minimum atomic E-state index is -0.426. The molecule has 1 saturated carbocycles. The number of hydrogen-bond acceptors (Lipinski definition) is 3. The maximum Gasteiger partial charge on any atom is 0.407 e. The fourth-order valence-corrected chi connectivity index (χ4v) is 2.27. The van der Waals surface area contributed by atoms with Crippen molar-refractivity contribution >= 4 is 6.09 Å². The van der Waals surface area contributed by atoms with Crippen LogP contribution in [0.2, 0.25) is 0 Å². The Morgan fingerprint density at radius 2 is 1.94 bits per heavy atom. The van der Waals surface area contributed by atoms with Crippen molar-refractivity contribution in [1.29, 1.82) is 0 Å². The summed E-state index contributed by atoms with van der Waals surface area (Å²) >= 11 is 0. The van der Waals surface area contributed by atoms with Gasteiger partial charge in [-0.15, -0.1) is 0 Å². The Bertz CT molecular complexity index is 253. The van der Waals surface area contributed by atoms with Gasteiger partial charge in [-0.3, -0.25) is 0 Å². The van der Waals surface area contributed by atoms with Crippen LogP contribution in [0.1, 0.15) is 59.3 Å². The number of amides is 1. The van der Waals surface area contributed by atoms with Crippen LogP contribution in [0.15, 0.2) is 0 Å². The Morgan fingerprint density at radius 3 is 2.47 bits per heavy atom. The van der Waals surface area contributed by atoms with Gasteiger partial charge in [0.1, 0.15) is 5.60 Å². The molecule has 0 saturated heterocycles. The van der Waals surface area contributed by atoms with E-state index < -0.39 is 5.60 Å². The molecule has 3 N–H and O–H groups in total. The Balaban J connectivity index is 2.10. The molecule has 100 valence electrons. The van der Waals surface area contributed by atoms with Crippen LogP contribution in [-0.2, 0) is 4.74 Å². The van der Waals surface area contributed by atoms with Crippen molar-refractivity contribution in [1.82, 2.24) is 5.32 Å². The maximum atomic E-state index is 11.4. The fourth-order valence-electron chi connectivity index (χ4n) is 2.27. The molecule has 0 atom stereocenters. The van der Waals surface area contributed by atoms with Gasteiger partial charge in [-0.2, -0.15) is 0 Å². The van der Waals surface area contributed by atoms with Gasteiger partial charge in [-0.1, -0.05) is 12.8 Å². The Morgan fingerprint density at radius 1 is 1.35 bits per heavy atom. The van der Waals surface area contributed by atoms with E-state index in [0.717, 1.165) is 25.7 Å². The van der Waals surface area contributed by atoms with Gasteiger partial charge in [0.05, 0.1) is 0 Å². The smallest absolute Gasteiger partial charge is 0.407 e. The molecule has 4 heteroatoms. The molecule has 0 unspecified atom stereocenters. The zero-order chi connectivity index (χ0) is 12.9. The molecule has 0 aromatic rings. The van der Waals surface area contributed by atoms with Crippen molar-refractivity contribution in [3.8, 4) is 0 Å². The summed E-state index contributed by atoms with van der Waals surface area (Å²) < 4.78 is 5.15. The summed E-state index contributed by atoms with van der Waals surface area (Å²) in [6, 6.07) is 0. The van der Waals surface area contributed by atoms with Crippen molar-refractivity contribution in [3.05, 3.63) is 0 Å². The van der Waals surface area contributed by atoms with Gasteiger partial charge in [0.15, 0.2) is 0 Å². The van der Waals surface area contributed by atoms with Crippen LogP contribution < -0.4 is 11.1 Å². The molecule has 1 fully saturated rings. The Hall–Kier alpha value is -0.770. The van der Waals surface area contributed by atoms with Crippen molar-refractivity contribution in [2.75, 3.05) is 6.54 Å². The summed E-state index contributed by atoms with van der Waals surface area (Å²) in [7, 11) is 0. The number of alkyl carbamates (subject to hydrolysis) is 1. The molecule has 0 heterocycles. The zero-order valence-electron chi connectivity index (χ0n) is 11.3. The van der Waals surface area contributed by atoms with E-state index in [9.17, 15) is 4.79 Å². The van der Waals surface area contributed by atoms with Crippen LogP contribution in [0, 0.1) is 0 Å². The van der Waals surface area contributed by atoms with E-state index in [1.807, 2.05) is 20.8 Å². The molecule has 1 rings (SSSR count). The summed E-state index contributed by atoms with van der Waals surface area (Å²) in [5.41, 5.74) is 5.83. The molecule has 4 nitrogen and oxygen atoms in total. The average Bonchev–Trinajstić information content (AvgIpc) is 2.58. The lowest BCUT2D eigenvalue weighted by Crippen LogP contribution is -2.38. The van der Waals surface area contributed by atoms with Crippen LogP contribution in [0.5, 0.6) is 0 Å². The first kappa shape index (κ1) is 14.3. The second kappa shape index (κ2) is 5.71. The summed E-state index contributed by atoms with van der Waals surface area (Å²) in [6.45, 7) is 6.23. The highest BCUT2D eigenvalue weighted by Crippen LogP contribution is 2.30. The zero-order valence-corrected chi connectivity index (χ0v) is 11.3. The lowest BCUT2D eigenvalue weighted by Gasteiger charge is -2.23. The van der Waals surface area contributed by atoms with Gasteiger partial charge in [0, 0.05) is 12.1 Å². The molecular formula is C13H26N2O2. The molecule has 0 bridgehead atoms. The van der Waals surface area contributed by atoms with Gasteiger partial charge in [-0.05, 0) is 46.5 Å². The monoisotopic (exact) mass is 242 g/mol. The van der Waals surface area contributed by atoms with E-state index in [-0.39, 0.29) is 11.6 Å².